The SMILES string of the molecule is COc1ccc(OC)c(C(=O)NCCOc2cccc(C)c2)c1. The maximum absolute atomic E-state index is 12.3. The van der Waals surface area contributed by atoms with Crippen molar-refractivity contribution >= 4 is 5.91 Å². The van der Waals surface area contributed by atoms with E-state index in [4.69, 9.17) is 14.2 Å². The fraction of sp³-hybridized carbons (Fsp3) is 0.278. The van der Waals surface area contributed by atoms with E-state index in [9.17, 15) is 4.79 Å². The first-order chi connectivity index (χ1) is 11.1. The van der Waals surface area contributed by atoms with E-state index in [2.05, 4.69) is 5.32 Å². The van der Waals surface area contributed by atoms with Gasteiger partial charge in [0.25, 0.3) is 5.91 Å². The number of ether oxygens (including phenoxy) is 3. The Hall–Kier alpha value is -2.69. The molecule has 0 bridgehead atoms. The number of carbonyl (C=O) groups excluding carboxylic acids is 1. The number of nitrogens with one attached hydrogen (secondary N) is 1. The predicted molar refractivity (Wildman–Crippen MR) is 88.6 cm³/mol. The highest BCUT2D eigenvalue weighted by atomic mass is 16.5. The van der Waals surface area contributed by atoms with E-state index in [-0.39, 0.29) is 5.91 Å². The van der Waals surface area contributed by atoms with Crippen molar-refractivity contribution in [1.82, 2.24) is 5.32 Å². The van der Waals surface area contributed by atoms with E-state index in [1.165, 1.54) is 7.11 Å². The van der Waals surface area contributed by atoms with Crippen LogP contribution in [-0.4, -0.2) is 33.3 Å². The Labute approximate surface area is 136 Å². The highest BCUT2D eigenvalue weighted by Gasteiger charge is 2.13. The van der Waals surface area contributed by atoms with Crippen molar-refractivity contribution < 1.29 is 19.0 Å². The molecule has 2 aromatic rings. The number of methoxy groups -OCH3 is 2. The van der Waals surface area contributed by atoms with Gasteiger partial charge in [-0.1, -0.05) is 12.1 Å². The number of carbonyl (C=O) groups is 1. The lowest BCUT2D eigenvalue weighted by molar-refractivity contribution is 0.0943. The predicted octanol–water partition coefficient (Wildman–Crippen LogP) is 2.82. The molecule has 0 aliphatic rings. The quantitative estimate of drug-likeness (QED) is 0.798. The highest BCUT2D eigenvalue weighted by Crippen LogP contribution is 2.23. The Morgan fingerprint density at radius 2 is 1.87 bits per heavy atom. The van der Waals surface area contributed by atoms with E-state index < -0.39 is 0 Å². The zero-order valence-corrected chi connectivity index (χ0v) is 13.6. The standard InChI is InChI=1S/C18H21NO4/c1-13-5-4-6-15(11-13)23-10-9-19-18(20)16-12-14(21-2)7-8-17(16)22-3/h4-8,11-12H,9-10H2,1-3H3,(H,19,20). The van der Waals surface area contributed by atoms with Crippen LogP contribution in [0, 0.1) is 6.92 Å². The molecule has 0 unspecified atom stereocenters. The van der Waals surface area contributed by atoms with Crippen molar-refractivity contribution in [1.29, 1.82) is 0 Å². The van der Waals surface area contributed by atoms with Crippen LogP contribution in [0.2, 0.25) is 0 Å². The topological polar surface area (TPSA) is 56.8 Å². The average Bonchev–Trinajstić information content (AvgIpc) is 2.58. The van der Waals surface area contributed by atoms with Crippen LogP contribution in [0.15, 0.2) is 42.5 Å². The summed E-state index contributed by atoms with van der Waals surface area (Å²) in [6.45, 7) is 2.79. The van der Waals surface area contributed by atoms with Crippen LogP contribution in [0.25, 0.3) is 0 Å². The van der Waals surface area contributed by atoms with Crippen LogP contribution in [0.3, 0.4) is 0 Å². The fourth-order valence-corrected chi connectivity index (χ4v) is 2.13. The van der Waals surface area contributed by atoms with Gasteiger partial charge in [-0.05, 0) is 42.8 Å². The molecule has 0 atom stereocenters. The summed E-state index contributed by atoms with van der Waals surface area (Å²) >= 11 is 0. The number of benzene rings is 2. The normalized spacial score (nSPS) is 10.0. The maximum Gasteiger partial charge on any atom is 0.255 e. The monoisotopic (exact) mass is 315 g/mol. The lowest BCUT2D eigenvalue weighted by Crippen LogP contribution is -2.28. The second kappa shape index (κ2) is 8.08. The molecule has 1 amide bonds. The van der Waals surface area contributed by atoms with Crippen LogP contribution in [0.5, 0.6) is 17.2 Å². The molecule has 5 nitrogen and oxygen atoms in total. The Balaban J connectivity index is 1.89. The zero-order valence-electron chi connectivity index (χ0n) is 13.6. The Morgan fingerprint density at radius 3 is 2.57 bits per heavy atom. The van der Waals surface area contributed by atoms with Gasteiger partial charge in [0.2, 0.25) is 0 Å². The molecule has 0 spiro atoms. The molecule has 1 N–H and O–H groups in total. The number of hydrogen-bond acceptors (Lipinski definition) is 4. The molecule has 0 heterocycles. The Bertz CT molecular complexity index is 670. The van der Waals surface area contributed by atoms with E-state index >= 15 is 0 Å². The largest absolute Gasteiger partial charge is 0.497 e. The summed E-state index contributed by atoms with van der Waals surface area (Å²) in [7, 11) is 3.08. The molecule has 0 saturated carbocycles. The van der Waals surface area contributed by atoms with E-state index in [1.807, 2.05) is 31.2 Å². The fourth-order valence-electron chi connectivity index (χ4n) is 2.13. The lowest BCUT2D eigenvalue weighted by atomic mass is 10.1. The van der Waals surface area contributed by atoms with Gasteiger partial charge >= 0.3 is 0 Å². The van der Waals surface area contributed by atoms with Crippen LogP contribution in [0.4, 0.5) is 0 Å². The molecule has 2 rings (SSSR count). The molecule has 0 aliphatic heterocycles. The third-order valence-electron chi connectivity index (χ3n) is 3.30. The van der Waals surface area contributed by atoms with Gasteiger partial charge in [-0.25, -0.2) is 0 Å². The first-order valence-corrected chi connectivity index (χ1v) is 7.33. The number of aryl methyl sites for hydroxylation is 1. The first kappa shape index (κ1) is 16.7. The summed E-state index contributed by atoms with van der Waals surface area (Å²) in [6, 6.07) is 12.9. The molecular formula is C18H21NO4. The molecule has 122 valence electrons. The molecule has 0 aliphatic carbocycles. The molecule has 0 fully saturated rings. The van der Waals surface area contributed by atoms with E-state index in [0.717, 1.165) is 11.3 Å². The average molecular weight is 315 g/mol. The summed E-state index contributed by atoms with van der Waals surface area (Å²) in [4.78, 5) is 12.3. The third-order valence-corrected chi connectivity index (χ3v) is 3.30. The van der Waals surface area contributed by atoms with Crippen LogP contribution < -0.4 is 19.5 Å². The van der Waals surface area contributed by atoms with Gasteiger partial charge in [-0.3, -0.25) is 4.79 Å². The second-order valence-electron chi connectivity index (χ2n) is 4.99. The van der Waals surface area contributed by atoms with Gasteiger partial charge < -0.3 is 19.5 Å². The van der Waals surface area contributed by atoms with E-state index in [0.29, 0.717) is 30.2 Å². The molecule has 23 heavy (non-hydrogen) atoms. The van der Waals surface area contributed by atoms with Gasteiger partial charge in [-0.2, -0.15) is 0 Å². The van der Waals surface area contributed by atoms with Gasteiger partial charge in [0.15, 0.2) is 0 Å². The molecule has 5 heteroatoms. The minimum absolute atomic E-state index is 0.228. The van der Waals surface area contributed by atoms with Gasteiger partial charge in [0.05, 0.1) is 26.3 Å². The van der Waals surface area contributed by atoms with Gasteiger partial charge in [0, 0.05) is 0 Å². The molecule has 0 aromatic heterocycles. The summed E-state index contributed by atoms with van der Waals surface area (Å²) in [6.07, 6.45) is 0. The van der Waals surface area contributed by atoms with Crippen LogP contribution in [0.1, 0.15) is 15.9 Å². The third kappa shape index (κ3) is 4.64. The second-order valence-corrected chi connectivity index (χ2v) is 4.99. The Morgan fingerprint density at radius 1 is 1.04 bits per heavy atom. The van der Waals surface area contributed by atoms with Crippen molar-refractivity contribution in [3.63, 3.8) is 0 Å². The number of hydrogen-bond donors (Lipinski definition) is 1. The van der Waals surface area contributed by atoms with Gasteiger partial charge in [-0.15, -0.1) is 0 Å². The molecule has 0 saturated heterocycles. The van der Waals surface area contributed by atoms with Crippen molar-refractivity contribution in [3.05, 3.63) is 53.6 Å². The van der Waals surface area contributed by atoms with Crippen LogP contribution >= 0.6 is 0 Å². The summed E-state index contributed by atoms with van der Waals surface area (Å²) in [5.74, 6) is 1.67. The summed E-state index contributed by atoms with van der Waals surface area (Å²) < 4.78 is 15.9. The van der Waals surface area contributed by atoms with Crippen molar-refractivity contribution in [2.45, 2.75) is 6.92 Å². The summed E-state index contributed by atoms with van der Waals surface area (Å²) in [5.41, 5.74) is 1.56. The molecular weight excluding hydrogens is 294 g/mol. The molecule has 0 radical (unpaired) electrons. The van der Waals surface area contributed by atoms with Crippen molar-refractivity contribution in [3.8, 4) is 17.2 Å². The number of amides is 1. The minimum atomic E-state index is -0.228. The van der Waals surface area contributed by atoms with Crippen molar-refractivity contribution in [2.24, 2.45) is 0 Å². The minimum Gasteiger partial charge on any atom is -0.497 e. The zero-order chi connectivity index (χ0) is 16.7. The van der Waals surface area contributed by atoms with Crippen LogP contribution in [-0.2, 0) is 0 Å². The van der Waals surface area contributed by atoms with Crippen molar-refractivity contribution in [2.75, 3.05) is 27.4 Å². The molecule has 2 aromatic carbocycles. The smallest absolute Gasteiger partial charge is 0.255 e. The number of rotatable bonds is 7. The van der Waals surface area contributed by atoms with E-state index in [1.54, 1.807) is 25.3 Å². The lowest BCUT2D eigenvalue weighted by Gasteiger charge is -2.11. The first-order valence-electron chi connectivity index (χ1n) is 7.33. The highest BCUT2D eigenvalue weighted by molar-refractivity contribution is 5.97. The van der Waals surface area contributed by atoms with Gasteiger partial charge in [0.1, 0.15) is 23.9 Å². The Kier molecular flexibility index (Phi) is 5.86. The summed E-state index contributed by atoms with van der Waals surface area (Å²) in [5, 5.41) is 2.81. The maximum atomic E-state index is 12.3.